The topological polar surface area (TPSA) is 0 Å². The van der Waals surface area contributed by atoms with Gasteiger partial charge in [-0.05, 0) is 30.9 Å². The number of hydrogen-bond donors (Lipinski definition) is 0. The number of hydrogen-bond acceptors (Lipinski definition) is 0. The summed E-state index contributed by atoms with van der Waals surface area (Å²) in [4.78, 5) is 0. The van der Waals surface area contributed by atoms with E-state index in [4.69, 9.17) is 0 Å². The summed E-state index contributed by atoms with van der Waals surface area (Å²) in [6, 6.07) is 11.3. The molecule has 0 nitrogen and oxygen atoms in total. The molecule has 0 bridgehead atoms. The first kappa shape index (κ1) is 9.05. The van der Waals surface area contributed by atoms with Crippen LogP contribution in [0.5, 0.6) is 0 Å². The van der Waals surface area contributed by atoms with E-state index in [1.807, 2.05) is 12.1 Å². The lowest BCUT2D eigenvalue weighted by Gasteiger charge is -2.04. The predicted octanol–water partition coefficient (Wildman–Crippen LogP) is 3.24. The standard InChI is InChI=1S/C12H15/c1-3-7-11(2)10-12-8-5-4-6-9-12/h3-5,7-9,11H,10H2,1-2H3. The van der Waals surface area contributed by atoms with Gasteiger partial charge in [-0.25, -0.2) is 0 Å². The Hall–Kier alpha value is -1.04. The van der Waals surface area contributed by atoms with Gasteiger partial charge < -0.3 is 0 Å². The van der Waals surface area contributed by atoms with Crippen LogP contribution >= 0.6 is 0 Å². The Labute approximate surface area is 74.9 Å². The first-order valence-electron chi connectivity index (χ1n) is 4.40. The van der Waals surface area contributed by atoms with Gasteiger partial charge in [0.05, 0.1) is 0 Å². The van der Waals surface area contributed by atoms with E-state index < -0.39 is 0 Å². The Bertz CT molecular complexity index is 233. The normalized spacial score (nSPS) is 13.5. The van der Waals surface area contributed by atoms with Crippen LogP contribution in [0, 0.1) is 12.0 Å². The maximum Gasteiger partial charge on any atom is -0.0181 e. The van der Waals surface area contributed by atoms with Crippen LogP contribution in [0.4, 0.5) is 0 Å². The molecule has 0 aliphatic rings. The van der Waals surface area contributed by atoms with Gasteiger partial charge in [0.1, 0.15) is 0 Å². The van der Waals surface area contributed by atoms with Crippen molar-refractivity contribution in [3.05, 3.63) is 48.0 Å². The van der Waals surface area contributed by atoms with Crippen molar-refractivity contribution >= 4 is 0 Å². The van der Waals surface area contributed by atoms with Crippen molar-refractivity contribution in [2.24, 2.45) is 5.92 Å². The fraction of sp³-hybridized carbons (Fsp3) is 0.333. The highest BCUT2D eigenvalue weighted by Crippen LogP contribution is 2.08. The lowest BCUT2D eigenvalue weighted by atomic mass is 10.0. The summed E-state index contributed by atoms with van der Waals surface area (Å²) in [5.41, 5.74) is 1.36. The third-order valence-corrected chi connectivity index (χ3v) is 1.85. The molecule has 63 valence electrons. The van der Waals surface area contributed by atoms with Gasteiger partial charge in [-0.2, -0.15) is 0 Å². The molecular formula is C12H15. The molecule has 1 radical (unpaired) electrons. The molecule has 0 heteroatoms. The molecule has 1 rings (SSSR count). The van der Waals surface area contributed by atoms with Crippen LogP contribution in [0.3, 0.4) is 0 Å². The van der Waals surface area contributed by atoms with Gasteiger partial charge >= 0.3 is 0 Å². The van der Waals surface area contributed by atoms with E-state index in [1.165, 1.54) is 5.56 Å². The Kier molecular flexibility index (Phi) is 3.59. The number of allylic oxidation sites excluding steroid dienone is 2. The average molecular weight is 159 g/mol. The minimum Gasteiger partial charge on any atom is -0.0914 e. The summed E-state index contributed by atoms with van der Waals surface area (Å²) in [5, 5.41) is 0. The zero-order valence-electron chi connectivity index (χ0n) is 7.75. The highest BCUT2D eigenvalue weighted by Gasteiger charge is 1.97. The second kappa shape index (κ2) is 4.76. The summed E-state index contributed by atoms with van der Waals surface area (Å²) in [6.07, 6.45) is 5.45. The number of benzene rings is 1. The van der Waals surface area contributed by atoms with E-state index >= 15 is 0 Å². The smallest absolute Gasteiger partial charge is 0.0181 e. The Morgan fingerprint density at radius 1 is 1.58 bits per heavy atom. The van der Waals surface area contributed by atoms with Gasteiger partial charge in [0.15, 0.2) is 0 Å². The van der Waals surface area contributed by atoms with Gasteiger partial charge in [0, 0.05) is 0 Å². The molecule has 1 aromatic rings. The monoisotopic (exact) mass is 159 g/mol. The molecule has 0 aliphatic heterocycles. The van der Waals surface area contributed by atoms with E-state index in [0.717, 1.165) is 6.42 Å². The van der Waals surface area contributed by atoms with Crippen molar-refractivity contribution in [2.75, 3.05) is 0 Å². The van der Waals surface area contributed by atoms with Crippen molar-refractivity contribution in [2.45, 2.75) is 20.3 Å². The second-order valence-electron chi connectivity index (χ2n) is 3.12. The molecular weight excluding hydrogens is 144 g/mol. The maximum absolute atomic E-state index is 3.08. The summed E-state index contributed by atoms with van der Waals surface area (Å²) in [6.45, 7) is 4.29. The Balaban J connectivity index is 2.52. The quantitative estimate of drug-likeness (QED) is 0.594. The highest BCUT2D eigenvalue weighted by molar-refractivity contribution is 5.15. The third kappa shape index (κ3) is 2.91. The minimum atomic E-state index is 0.630. The molecule has 0 saturated heterocycles. The van der Waals surface area contributed by atoms with Crippen molar-refractivity contribution in [3.8, 4) is 0 Å². The van der Waals surface area contributed by atoms with Crippen LogP contribution < -0.4 is 0 Å². The van der Waals surface area contributed by atoms with E-state index in [9.17, 15) is 0 Å². The molecule has 0 aromatic heterocycles. The Morgan fingerprint density at radius 2 is 2.42 bits per heavy atom. The van der Waals surface area contributed by atoms with Crippen LogP contribution in [0.2, 0.25) is 0 Å². The van der Waals surface area contributed by atoms with Crippen LogP contribution in [-0.4, -0.2) is 0 Å². The minimum absolute atomic E-state index is 0.630. The van der Waals surface area contributed by atoms with Crippen LogP contribution in [0.25, 0.3) is 0 Å². The molecule has 0 saturated carbocycles. The lowest BCUT2D eigenvalue weighted by Crippen LogP contribution is -1.94. The molecule has 0 spiro atoms. The Morgan fingerprint density at radius 3 is 3.00 bits per heavy atom. The fourth-order valence-corrected chi connectivity index (χ4v) is 1.33. The van der Waals surface area contributed by atoms with Gasteiger partial charge in [0.2, 0.25) is 0 Å². The third-order valence-electron chi connectivity index (χ3n) is 1.85. The number of rotatable bonds is 3. The molecule has 1 aromatic carbocycles. The molecule has 1 atom stereocenters. The zero-order valence-corrected chi connectivity index (χ0v) is 7.75. The lowest BCUT2D eigenvalue weighted by molar-refractivity contribution is 0.722. The average Bonchev–Trinajstić information content (AvgIpc) is 2.06. The second-order valence-corrected chi connectivity index (χ2v) is 3.12. The predicted molar refractivity (Wildman–Crippen MR) is 53.0 cm³/mol. The van der Waals surface area contributed by atoms with Gasteiger partial charge in [-0.3, -0.25) is 0 Å². The van der Waals surface area contributed by atoms with E-state index in [-0.39, 0.29) is 0 Å². The summed E-state index contributed by atoms with van der Waals surface area (Å²) < 4.78 is 0. The largest absolute Gasteiger partial charge is 0.0914 e. The van der Waals surface area contributed by atoms with Gasteiger partial charge in [-0.15, -0.1) is 0 Å². The molecule has 12 heavy (non-hydrogen) atoms. The van der Waals surface area contributed by atoms with Gasteiger partial charge in [-0.1, -0.05) is 43.3 Å². The summed E-state index contributed by atoms with van der Waals surface area (Å²) in [7, 11) is 0. The van der Waals surface area contributed by atoms with Crippen LogP contribution in [0.15, 0.2) is 36.4 Å². The van der Waals surface area contributed by atoms with E-state index in [1.54, 1.807) is 0 Å². The van der Waals surface area contributed by atoms with Crippen LogP contribution in [-0.2, 0) is 6.42 Å². The van der Waals surface area contributed by atoms with Crippen molar-refractivity contribution in [3.63, 3.8) is 0 Å². The molecule has 0 amide bonds. The summed E-state index contributed by atoms with van der Waals surface area (Å²) in [5.74, 6) is 0.630. The summed E-state index contributed by atoms with van der Waals surface area (Å²) >= 11 is 0. The van der Waals surface area contributed by atoms with E-state index in [2.05, 4.69) is 44.2 Å². The zero-order chi connectivity index (χ0) is 8.81. The van der Waals surface area contributed by atoms with Crippen LogP contribution in [0.1, 0.15) is 19.4 Å². The van der Waals surface area contributed by atoms with Crippen molar-refractivity contribution in [1.82, 2.24) is 0 Å². The SMILES string of the molecule is CC=CC(C)Cc1c[c]ccc1. The molecule has 0 fully saturated rings. The van der Waals surface area contributed by atoms with E-state index in [0.29, 0.717) is 5.92 Å². The highest BCUT2D eigenvalue weighted by atomic mass is 14.0. The molecule has 0 N–H and O–H groups in total. The molecule has 1 unspecified atom stereocenters. The van der Waals surface area contributed by atoms with Gasteiger partial charge in [0.25, 0.3) is 0 Å². The molecule has 0 aliphatic carbocycles. The fourth-order valence-electron chi connectivity index (χ4n) is 1.33. The van der Waals surface area contributed by atoms with Crippen molar-refractivity contribution < 1.29 is 0 Å². The van der Waals surface area contributed by atoms with Crippen molar-refractivity contribution in [1.29, 1.82) is 0 Å². The first-order valence-corrected chi connectivity index (χ1v) is 4.40. The first-order chi connectivity index (χ1) is 5.83. The maximum atomic E-state index is 3.08. The molecule has 0 heterocycles.